The van der Waals surface area contributed by atoms with Crippen LogP contribution in [0.3, 0.4) is 0 Å². The van der Waals surface area contributed by atoms with E-state index in [2.05, 4.69) is 45.9 Å². The summed E-state index contributed by atoms with van der Waals surface area (Å²) in [5.41, 5.74) is 2.07. The molecule has 0 aliphatic rings. The van der Waals surface area contributed by atoms with Gasteiger partial charge in [0.05, 0.1) is 18.3 Å². The fourth-order valence-corrected chi connectivity index (χ4v) is 4.40. The second-order valence-corrected chi connectivity index (χ2v) is 10.9. The summed E-state index contributed by atoms with van der Waals surface area (Å²) in [6.45, 7) is 10.6. The zero-order valence-electron chi connectivity index (χ0n) is 25.2. The van der Waals surface area contributed by atoms with Gasteiger partial charge in [-0.1, -0.05) is 70.9 Å². The quantitative estimate of drug-likeness (QED) is 0.143. The number of aliphatic hydroxyl groups excluding tert-OH is 1. The smallest absolute Gasteiger partial charge is 0.147 e. The van der Waals surface area contributed by atoms with E-state index < -0.39 is 6.10 Å². The standard InChI is InChI=1S/C18H26ClN3.C10H13ClO3.C4H3ClN2.3CH4/c1-4-22(5-2)12-6-7-14(3)21-17-10-11-20-18-13-15(19)8-9-16(17)18;1-13-6-9(12)7-14-10-4-2-8(11)3-5-10;5-4-3-6-1-2-7-4;;;/h8-11,13-14H,4-7,12H2,1-3H3,(H,20,21);2-5,9,12H,6-7H2,1H3;1-3H;3*1H4. The summed E-state index contributed by atoms with van der Waals surface area (Å²) in [5, 5.41) is 15.8. The van der Waals surface area contributed by atoms with E-state index in [-0.39, 0.29) is 35.5 Å². The Balaban J connectivity index is 0. The van der Waals surface area contributed by atoms with Crippen molar-refractivity contribution in [2.24, 2.45) is 0 Å². The lowest BCUT2D eigenvalue weighted by atomic mass is 10.1. The van der Waals surface area contributed by atoms with Gasteiger partial charge in [-0.15, -0.1) is 0 Å². The van der Waals surface area contributed by atoms with Gasteiger partial charge in [-0.05, 0) is 87.9 Å². The molecule has 0 spiro atoms. The Morgan fingerprint density at radius 1 is 0.870 bits per heavy atom. The molecule has 8 nitrogen and oxygen atoms in total. The van der Waals surface area contributed by atoms with Gasteiger partial charge in [0.2, 0.25) is 0 Å². The monoisotopic (exact) mass is 697 g/mol. The molecule has 4 aromatic rings. The van der Waals surface area contributed by atoms with Gasteiger partial charge >= 0.3 is 0 Å². The van der Waals surface area contributed by atoms with E-state index in [1.807, 2.05) is 30.5 Å². The number of nitrogens with one attached hydrogen (secondary N) is 1. The third-order valence-electron chi connectivity index (χ3n) is 6.26. The Morgan fingerprint density at radius 2 is 1.54 bits per heavy atom. The molecule has 258 valence electrons. The number of methoxy groups -OCH3 is 1. The molecule has 2 unspecified atom stereocenters. The van der Waals surface area contributed by atoms with Crippen LogP contribution in [0.4, 0.5) is 5.69 Å². The molecule has 4 rings (SSSR count). The normalized spacial score (nSPS) is 11.2. The van der Waals surface area contributed by atoms with Gasteiger partial charge in [-0.25, -0.2) is 4.98 Å². The first-order chi connectivity index (χ1) is 20.7. The minimum atomic E-state index is -0.601. The molecule has 2 N–H and O–H groups in total. The average Bonchev–Trinajstić information content (AvgIpc) is 3.00. The molecule has 2 aromatic heterocycles. The van der Waals surface area contributed by atoms with Crippen LogP contribution in [0.5, 0.6) is 5.75 Å². The van der Waals surface area contributed by atoms with E-state index in [0.717, 1.165) is 41.1 Å². The van der Waals surface area contributed by atoms with Crippen molar-refractivity contribution in [3.05, 3.63) is 88.5 Å². The summed E-state index contributed by atoms with van der Waals surface area (Å²) in [5.74, 6) is 0.685. The molecule has 0 fully saturated rings. The summed E-state index contributed by atoms with van der Waals surface area (Å²) >= 11 is 17.1. The number of benzene rings is 2. The lowest BCUT2D eigenvalue weighted by Gasteiger charge is -2.20. The SMILES string of the molecule is C.C.C.CCN(CC)CCCC(C)Nc1ccnc2cc(Cl)ccc12.COCC(O)COc1ccc(Cl)cc1.Clc1cnccn1. The highest BCUT2D eigenvalue weighted by atomic mass is 35.5. The summed E-state index contributed by atoms with van der Waals surface area (Å²) in [7, 11) is 1.53. The number of fused-ring (bicyclic) bond motifs is 1. The average molecular weight is 699 g/mol. The number of hydrogen-bond acceptors (Lipinski definition) is 8. The molecule has 0 radical (unpaired) electrons. The van der Waals surface area contributed by atoms with Gasteiger partial charge in [0.25, 0.3) is 0 Å². The Kier molecular flexibility index (Phi) is 26.0. The molecular weight excluding hydrogens is 645 g/mol. The third kappa shape index (κ3) is 18.4. The van der Waals surface area contributed by atoms with Crippen LogP contribution in [-0.2, 0) is 4.74 Å². The highest BCUT2D eigenvalue weighted by Crippen LogP contribution is 2.25. The second kappa shape index (κ2) is 26.4. The molecule has 0 saturated heterocycles. The zero-order valence-corrected chi connectivity index (χ0v) is 27.5. The van der Waals surface area contributed by atoms with Crippen molar-refractivity contribution < 1.29 is 14.6 Å². The van der Waals surface area contributed by atoms with E-state index in [9.17, 15) is 5.11 Å². The number of anilines is 1. The molecule has 0 bridgehead atoms. The van der Waals surface area contributed by atoms with Crippen LogP contribution >= 0.6 is 34.8 Å². The fraction of sp³-hybridized carbons (Fsp3) is 0.457. The Morgan fingerprint density at radius 3 is 2.11 bits per heavy atom. The number of hydrogen-bond donors (Lipinski definition) is 2. The Bertz CT molecular complexity index is 1300. The van der Waals surface area contributed by atoms with Gasteiger partial charge in [0.15, 0.2) is 0 Å². The maximum absolute atomic E-state index is 9.29. The van der Waals surface area contributed by atoms with E-state index in [1.54, 1.807) is 36.7 Å². The highest BCUT2D eigenvalue weighted by molar-refractivity contribution is 6.31. The number of nitrogens with zero attached hydrogens (tertiary/aromatic N) is 4. The topological polar surface area (TPSA) is 92.6 Å². The van der Waals surface area contributed by atoms with Crippen molar-refractivity contribution in [3.8, 4) is 5.75 Å². The fourth-order valence-electron chi connectivity index (χ4n) is 3.99. The first kappa shape index (κ1) is 45.4. The lowest BCUT2D eigenvalue weighted by Crippen LogP contribution is -2.25. The van der Waals surface area contributed by atoms with Gasteiger partial charge in [0, 0.05) is 52.9 Å². The van der Waals surface area contributed by atoms with Crippen molar-refractivity contribution in [3.63, 3.8) is 0 Å². The van der Waals surface area contributed by atoms with Gasteiger partial charge in [-0.2, -0.15) is 0 Å². The first-order valence-corrected chi connectivity index (χ1v) is 15.4. The van der Waals surface area contributed by atoms with Crippen molar-refractivity contribution in [2.45, 2.75) is 68.0 Å². The number of pyridine rings is 1. The Hall–Kier alpha value is -2.72. The third-order valence-corrected chi connectivity index (χ3v) is 6.94. The molecule has 0 aliphatic carbocycles. The van der Waals surface area contributed by atoms with Crippen molar-refractivity contribution >= 4 is 51.4 Å². The summed E-state index contributed by atoms with van der Waals surface area (Å²) < 4.78 is 10.0. The van der Waals surface area contributed by atoms with Gasteiger partial charge in [-0.3, -0.25) is 9.97 Å². The maximum Gasteiger partial charge on any atom is 0.147 e. The second-order valence-electron chi connectivity index (χ2n) is 9.64. The van der Waals surface area contributed by atoms with Crippen LogP contribution in [0, 0.1) is 0 Å². The maximum atomic E-state index is 9.29. The number of rotatable bonds is 13. The predicted octanol–water partition coefficient (Wildman–Crippen LogP) is 9.57. The summed E-state index contributed by atoms with van der Waals surface area (Å²) in [6.07, 6.45) is 8.22. The Labute approximate surface area is 292 Å². The highest BCUT2D eigenvalue weighted by Gasteiger charge is 2.08. The van der Waals surface area contributed by atoms with Gasteiger partial charge in [0.1, 0.15) is 23.6 Å². The van der Waals surface area contributed by atoms with Crippen LogP contribution in [0.15, 0.2) is 73.3 Å². The number of aliphatic hydroxyl groups is 1. The van der Waals surface area contributed by atoms with Crippen LogP contribution in [0.25, 0.3) is 10.9 Å². The number of aromatic nitrogens is 3. The van der Waals surface area contributed by atoms with Gasteiger partial charge < -0.3 is 24.8 Å². The summed E-state index contributed by atoms with van der Waals surface area (Å²) in [6, 6.07) is 15.3. The van der Waals surface area contributed by atoms with Crippen LogP contribution in [-0.4, -0.2) is 77.1 Å². The first-order valence-electron chi connectivity index (χ1n) is 14.3. The van der Waals surface area contributed by atoms with E-state index in [1.165, 1.54) is 26.3 Å². The zero-order chi connectivity index (χ0) is 31.5. The molecule has 46 heavy (non-hydrogen) atoms. The largest absolute Gasteiger partial charge is 0.491 e. The predicted molar refractivity (Wildman–Crippen MR) is 199 cm³/mol. The molecule has 0 amide bonds. The minimum Gasteiger partial charge on any atom is -0.491 e. The van der Waals surface area contributed by atoms with Crippen molar-refractivity contribution in [1.29, 1.82) is 0 Å². The summed E-state index contributed by atoms with van der Waals surface area (Å²) in [4.78, 5) is 14.2. The molecule has 2 atom stereocenters. The molecular formula is C35H54Cl3N5O3. The van der Waals surface area contributed by atoms with Crippen molar-refractivity contribution in [2.75, 3.05) is 45.3 Å². The molecule has 2 aromatic carbocycles. The van der Waals surface area contributed by atoms with Crippen molar-refractivity contribution in [1.82, 2.24) is 19.9 Å². The molecule has 2 heterocycles. The minimum absolute atomic E-state index is 0. The number of halogens is 3. The van der Waals surface area contributed by atoms with Crippen LogP contribution in [0.2, 0.25) is 15.2 Å². The molecule has 0 aliphatic heterocycles. The molecule has 0 saturated carbocycles. The van der Waals surface area contributed by atoms with E-state index >= 15 is 0 Å². The number of ether oxygens (including phenoxy) is 2. The van der Waals surface area contributed by atoms with Crippen LogP contribution in [0.1, 0.15) is 55.9 Å². The van der Waals surface area contributed by atoms with Crippen LogP contribution < -0.4 is 10.1 Å². The van der Waals surface area contributed by atoms with E-state index in [0.29, 0.717) is 22.0 Å². The lowest BCUT2D eigenvalue weighted by molar-refractivity contribution is 0.0325. The molecule has 11 heteroatoms. The van der Waals surface area contributed by atoms with E-state index in [4.69, 9.17) is 44.3 Å².